The van der Waals surface area contributed by atoms with Crippen molar-refractivity contribution in [2.75, 3.05) is 6.61 Å². The van der Waals surface area contributed by atoms with Crippen molar-refractivity contribution >= 4 is 22.6 Å². The first-order valence-electron chi connectivity index (χ1n) is 10.1. The molecule has 1 aromatic heterocycles. The third-order valence-corrected chi connectivity index (χ3v) is 5.54. The van der Waals surface area contributed by atoms with Gasteiger partial charge in [0.1, 0.15) is 18.2 Å². The molecule has 6 heteroatoms. The first-order valence-corrected chi connectivity index (χ1v) is 10.1. The molecule has 30 heavy (non-hydrogen) atoms. The number of aliphatic hydroxyl groups excluding tert-OH is 1. The van der Waals surface area contributed by atoms with E-state index < -0.39 is 5.97 Å². The molecule has 0 bridgehead atoms. The van der Waals surface area contributed by atoms with Crippen LogP contribution in [0.4, 0.5) is 0 Å². The Morgan fingerprint density at radius 1 is 1.20 bits per heavy atom. The average Bonchev–Trinajstić information content (AvgIpc) is 3.09. The molecule has 0 radical (unpaired) electrons. The Hall–Kier alpha value is -3.59. The van der Waals surface area contributed by atoms with Crippen LogP contribution in [-0.4, -0.2) is 27.2 Å². The third-order valence-electron chi connectivity index (χ3n) is 5.54. The van der Waals surface area contributed by atoms with Crippen LogP contribution in [0.5, 0.6) is 0 Å². The molecule has 0 unspecified atom stereocenters. The van der Waals surface area contributed by atoms with E-state index in [1.807, 2.05) is 36.4 Å². The van der Waals surface area contributed by atoms with Gasteiger partial charge in [-0.25, -0.2) is 4.98 Å². The molecule has 1 aliphatic rings. The van der Waals surface area contributed by atoms with Crippen LogP contribution in [0.3, 0.4) is 0 Å². The van der Waals surface area contributed by atoms with E-state index in [0.717, 1.165) is 29.4 Å². The largest absolute Gasteiger partial charge is 0.507 e. The number of hydrogen-bond donors (Lipinski definition) is 1. The number of allylic oxidation sites excluding steroid dienone is 1. The molecule has 1 heterocycles. The molecule has 0 saturated carbocycles. The van der Waals surface area contributed by atoms with Gasteiger partial charge in [0.2, 0.25) is 0 Å². The first kappa shape index (κ1) is 19.7. The second-order valence-corrected chi connectivity index (χ2v) is 7.56. The van der Waals surface area contributed by atoms with E-state index in [1.54, 1.807) is 11.6 Å². The lowest BCUT2D eigenvalue weighted by molar-refractivity contribution is -0.142. The van der Waals surface area contributed by atoms with Crippen molar-refractivity contribution in [3.63, 3.8) is 0 Å². The maximum Gasteiger partial charge on any atom is 0.310 e. The monoisotopic (exact) mass is 401 g/mol. The third kappa shape index (κ3) is 3.92. The van der Waals surface area contributed by atoms with E-state index in [1.165, 1.54) is 24.0 Å². The number of para-hydroxylation sites is 2. The lowest BCUT2D eigenvalue weighted by atomic mass is 9.90. The van der Waals surface area contributed by atoms with Gasteiger partial charge >= 0.3 is 5.97 Å². The van der Waals surface area contributed by atoms with Crippen molar-refractivity contribution < 1.29 is 14.6 Å². The lowest BCUT2D eigenvalue weighted by Crippen LogP contribution is -2.12. The number of fused-ring (bicyclic) bond motifs is 2. The van der Waals surface area contributed by atoms with Gasteiger partial charge in [-0.05, 0) is 54.5 Å². The highest BCUT2D eigenvalue weighted by Crippen LogP contribution is 2.23. The Kier molecular flexibility index (Phi) is 5.53. The molecule has 4 rings (SSSR count). The number of nitrogens with zero attached hydrogens (tertiary/aromatic N) is 3. The van der Waals surface area contributed by atoms with E-state index in [0.29, 0.717) is 5.82 Å². The number of imidazole rings is 1. The number of ether oxygens (including phenoxy) is 1. The summed E-state index contributed by atoms with van der Waals surface area (Å²) >= 11 is 0. The predicted molar refractivity (Wildman–Crippen MR) is 114 cm³/mol. The Bertz CT molecular complexity index is 1180. The molecule has 0 spiro atoms. The normalized spacial score (nSPS) is 14.0. The van der Waals surface area contributed by atoms with E-state index >= 15 is 0 Å². The zero-order valence-corrected chi connectivity index (χ0v) is 16.9. The SMILES string of the molecule is Cn1c(/C(C#N)=C(\O)COC(=O)Cc2ccc3c(c2)CCCC3)nc2ccccc21. The molecular formula is C24H23N3O3. The van der Waals surface area contributed by atoms with Crippen LogP contribution in [0.15, 0.2) is 48.2 Å². The summed E-state index contributed by atoms with van der Waals surface area (Å²) in [6, 6.07) is 15.6. The molecule has 6 nitrogen and oxygen atoms in total. The minimum atomic E-state index is -0.445. The van der Waals surface area contributed by atoms with Crippen LogP contribution in [0.25, 0.3) is 16.6 Å². The van der Waals surface area contributed by atoms with E-state index in [4.69, 9.17) is 4.74 Å². The van der Waals surface area contributed by atoms with Gasteiger partial charge in [-0.1, -0.05) is 30.3 Å². The lowest BCUT2D eigenvalue weighted by Gasteiger charge is -2.16. The van der Waals surface area contributed by atoms with Gasteiger partial charge in [0.05, 0.1) is 17.5 Å². The molecule has 2 aromatic carbocycles. The fraction of sp³-hybridized carbons (Fsp3) is 0.292. The zero-order valence-electron chi connectivity index (χ0n) is 16.9. The highest BCUT2D eigenvalue weighted by molar-refractivity contribution is 5.84. The maximum atomic E-state index is 12.3. The van der Waals surface area contributed by atoms with Crippen LogP contribution in [0.1, 0.15) is 35.4 Å². The van der Waals surface area contributed by atoms with E-state index in [2.05, 4.69) is 17.1 Å². The number of nitriles is 1. The number of carbonyl (C=O) groups is 1. The molecule has 0 saturated heterocycles. The van der Waals surface area contributed by atoms with Gasteiger partial charge in [-0.2, -0.15) is 5.26 Å². The van der Waals surface area contributed by atoms with Crippen LogP contribution in [-0.2, 0) is 35.8 Å². The number of aliphatic hydroxyl groups is 1. The Balaban J connectivity index is 1.46. The van der Waals surface area contributed by atoms with Crippen molar-refractivity contribution in [1.29, 1.82) is 5.26 Å². The number of hydrogen-bond acceptors (Lipinski definition) is 5. The van der Waals surface area contributed by atoms with Crippen molar-refractivity contribution in [2.45, 2.75) is 32.1 Å². The standard InChI is InChI=1S/C24H23N3O3/c1-27-21-9-5-4-8-20(21)26-24(27)19(14-25)22(28)15-30-23(29)13-16-10-11-17-6-2-3-7-18(17)12-16/h4-5,8-12,28H,2-3,6-7,13,15H2,1H3/b22-19-. The summed E-state index contributed by atoms with van der Waals surface area (Å²) in [6.07, 6.45) is 4.67. The highest BCUT2D eigenvalue weighted by atomic mass is 16.5. The number of benzene rings is 2. The summed E-state index contributed by atoms with van der Waals surface area (Å²) in [5, 5.41) is 20.0. The topological polar surface area (TPSA) is 88.1 Å². The second-order valence-electron chi connectivity index (χ2n) is 7.56. The molecule has 1 aliphatic carbocycles. The zero-order chi connectivity index (χ0) is 21.1. The second kappa shape index (κ2) is 8.42. The molecule has 0 atom stereocenters. The molecular weight excluding hydrogens is 378 g/mol. The van der Waals surface area contributed by atoms with Crippen LogP contribution >= 0.6 is 0 Å². The molecule has 0 aliphatic heterocycles. The summed E-state index contributed by atoms with van der Waals surface area (Å²) < 4.78 is 6.97. The van der Waals surface area contributed by atoms with Gasteiger partial charge in [-0.3, -0.25) is 4.79 Å². The molecule has 0 fully saturated rings. The Labute approximate surface area is 175 Å². The number of esters is 1. The fourth-order valence-electron chi connectivity index (χ4n) is 3.95. The van der Waals surface area contributed by atoms with Gasteiger partial charge in [-0.15, -0.1) is 0 Å². The van der Waals surface area contributed by atoms with Crippen molar-refractivity contribution in [2.24, 2.45) is 7.05 Å². The van der Waals surface area contributed by atoms with Crippen molar-refractivity contribution in [3.8, 4) is 6.07 Å². The summed E-state index contributed by atoms with van der Waals surface area (Å²) in [4.78, 5) is 16.7. The smallest absolute Gasteiger partial charge is 0.310 e. The number of rotatable bonds is 5. The Morgan fingerprint density at radius 2 is 1.97 bits per heavy atom. The molecule has 1 N–H and O–H groups in total. The van der Waals surface area contributed by atoms with E-state index in [-0.39, 0.29) is 24.4 Å². The van der Waals surface area contributed by atoms with Gasteiger partial charge < -0.3 is 14.4 Å². The summed E-state index contributed by atoms with van der Waals surface area (Å²) in [7, 11) is 1.78. The van der Waals surface area contributed by atoms with E-state index in [9.17, 15) is 15.2 Å². The quantitative estimate of drug-likeness (QED) is 0.396. The van der Waals surface area contributed by atoms with Gasteiger partial charge in [0, 0.05) is 7.05 Å². The molecule has 3 aromatic rings. The van der Waals surface area contributed by atoms with Crippen LogP contribution in [0, 0.1) is 11.3 Å². The number of aromatic nitrogens is 2. The number of carbonyl (C=O) groups excluding carboxylic acids is 1. The maximum absolute atomic E-state index is 12.3. The van der Waals surface area contributed by atoms with Crippen LogP contribution < -0.4 is 0 Å². The van der Waals surface area contributed by atoms with Gasteiger partial charge in [0.15, 0.2) is 11.6 Å². The average molecular weight is 401 g/mol. The highest BCUT2D eigenvalue weighted by Gasteiger charge is 2.18. The minimum Gasteiger partial charge on any atom is -0.507 e. The summed E-state index contributed by atoms with van der Waals surface area (Å²) in [5.74, 6) is -0.420. The number of aryl methyl sites for hydroxylation is 3. The molecule has 0 amide bonds. The van der Waals surface area contributed by atoms with Crippen LogP contribution in [0.2, 0.25) is 0 Å². The minimum absolute atomic E-state index is 0.00437. The summed E-state index contributed by atoms with van der Waals surface area (Å²) in [6.45, 7) is -0.365. The summed E-state index contributed by atoms with van der Waals surface area (Å²) in [5.41, 5.74) is 5.13. The van der Waals surface area contributed by atoms with Crippen molar-refractivity contribution in [1.82, 2.24) is 9.55 Å². The fourth-order valence-corrected chi connectivity index (χ4v) is 3.95. The molecule has 152 valence electrons. The predicted octanol–water partition coefficient (Wildman–Crippen LogP) is 4.03. The first-order chi connectivity index (χ1) is 14.6. The Morgan fingerprint density at radius 3 is 2.73 bits per heavy atom. The van der Waals surface area contributed by atoms with Gasteiger partial charge in [0.25, 0.3) is 0 Å². The van der Waals surface area contributed by atoms with Crippen molar-refractivity contribution in [3.05, 3.63) is 70.7 Å².